The SMILES string of the molecule is Cc1ccnc2nc(C(=O)NCC3(c4ccc(F)cc4)CCC3)nn12. The Morgan fingerprint density at radius 3 is 2.68 bits per heavy atom. The molecule has 2 heterocycles. The third-order valence-electron chi connectivity index (χ3n) is 4.99. The fourth-order valence-corrected chi connectivity index (χ4v) is 3.31. The summed E-state index contributed by atoms with van der Waals surface area (Å²) in [6.45, 7) is 2.36. The molecule has 0 spiro atoms. The van der Waals surface area contributed by atoms with Gasteiger partial charge in [0.05, 0.1) is 0 Å². The van der Waals surface area contributed by atoms with E-state index in [-0.39, 0.29) is 23.0 Å². The zero-order valence-electron chi connectivity index (χ0n) is 13.9. The number of carbonyl (C=O) groups excluding carboxylic acids is 1. The fourth-order valence-electron chi connectivity index (χ4n) is 3.31. The smallest absolute Gasteiger partial charge is 0.291 e. The number of rotatable bonds is 4. The first-order valence-corrected chi connectivity index (χ1v) is 8.30. The molecule has 7 heteroatoms. The molecular formula is C18H18FN5O. The van der Waals surface area contributed by atoms with Crippen molar-refractivity contribution >= 4 is 11.7 Å². The first kappa shape index (κ1) is 15.7. The van der Waals surface area contributed by atoms with Crippen LogP contribution in [0.2, 0.25) is 0 Å². The molecule has 1 aliphatic rings. The highest BCUT2D eigenvalue weighted by molar-refractivity contribution is 5.90. The van der Waals surface area contributed by atoms with Gasteiger partial charge in [-0.3, -0.25) is 4.79 Å². The standard InChI is InChI=1S/C18H18FN5O/c1-12-7-10-20-17-22-15(23-24(12)17)16(25)21-11-18(8-2-9-18)13-3-5-14(19)6-4-13/h3-7,10H,2,8-9,11H2,1H3,(H,21,25). The molecule has 1 saturated carbocycles. The highest BCUT2D eigenvalue weighted by atomic mass is 19.1. The van der Waals surface area contributed by atoms with E-state index >= 15 is 0 Å². The minimum atomic E-state index is -0.321. The molecule has 1 aliphatic carbocycles. The van der Waals surface area contributed by atoms with E-state index in [0.717, 1.165) is 30.5 Å². The molecule has 6 nitrogen and oxygen atoms in total. The largest absolute Gasteiger partial charge is 0.348 e. The van der Waals surface area contributed by atoms with Crippen molar-refractivity contribution in [3.8, 4) is 0 Å². The molecule has 4 rings (SSSR count). The molecule has 25 heavy (non-hydrogen) atoms. The molecule has 0 bridgehead atoms. The number of nitrogens with one attached hydrogen (secondary N) is 1. The molecule has 1 fully saturated rings. The first-order valence-electron chi connectivity index (χ1n) is 8.30. The van der Waals surface area contributed by atoms with E-state index in [1.165, 1.54) is 12.1 Å². The molecule has 1 N–H and O–H groups in total. The van der Waals surface area contributed by atoms with Gasteiger partial charge in [-0.25, -0.2) is 13.9 Å². The molecule has 1 amide bonds. The van der Waals surface area contributed by atoms with E-state index < -0.39 is 0 Å². The Labute approximate surface area is 144 Å². The lowest BCUT2D eigenvalue weighted by Crippen LogP contribution is -2.45. The maximum absolute atomic E-state index is 13.2. The predicted molar refractivity (Wildman–Crippen MR) is 89.8 cm³/mol. The lowest BCUT2D eigenvalue weighted by Gasteiger charge is -2.42. The van der Waals surface area contributed by atoms with Crippen molar-refractivity contribution in [2.45, 2.75) is 31.6 Å². The molecule has 0 aliphatic heterocycles. The van der Waals surface area contributed by atoms with Crippen LogP contribution in [-0.2, 0) is 5.41 Å². The lowest BCUT2D eigenvalue weighted by atomic mass is 9.64. The van der Waals surface area contributed by atoms with Crippen molar-refractivity contribution in [2.75, 3.05) is 6.54 Å². The van der Waals surface area contributed by atoms with Crippen molar-refractivity contribution in [3.05, 3.63) is 59.4 Å². The van der Waals surface area contributed by atoms with Crippen LogP contribution < -0.4 is 5.32 Å². The Morgan fingerprint density at radius 2 is 2.04 bits per heavy atom. The van der Waals surface area contributed by atoms with Gasteiger partial charge in [0.2, 0.25) is 5.82 Å². The zero-order chi connectivity index (χ0) is 17.4. The Balaban J connectivity index is 1.52. The van der Waals surface area contributed by atoms with Gasteiger partial charge in [-0.05, 0) is 43.5 Å². The zero-order valence-corrected chi connectivity index (χ0v) is 13.9. The van der Waals surface area contributed by atoms with Crippen LogP contribution in [0, 0.1) is 12.7 Å². The summed E-state index contributed by atoms with van der Waals surface area (Å²) in [7, 11) is 0. The van der Waals surface area contributed by atoms with Gasteiger partial charge in [0.15, 0.2) is 0 Å². The van der Waals surface area contributed by atoms with Crippen molar-refractivity contribution in [1.82, 2.24) is 24.9 Å². The summed E-state index contributed by atoms with van der Waals surface area (Å²) >= 11 is 0. The average Bonchev–Trinajstić information content (AvgIpc) is 3.01. The molecule has 1 aromatic carbocycles. The number of halogens is 1. The maximum atomic E-state index is 13.2. The van der Waals surface area contributed by atoms with Crippen LogP contribution >= 0.6 is 0 Å². The van der Waals surface area contributed by atoms with Gasteiger partial charge in [0.25, 0.3) is 11.7 Å². The van der Waals surface area contributed by atoms with Gasteiger partial charge in [-0.15, -0.1) is 5.10 Å². The van der Waals surface area contributed by atoms with Crippen molar-refractivity contribution in [3.63, 3.8) is 0 Å². The number of hydrogen-bond donors (Lipinski definition) is 1. The normalized spacial score (nSPS) is 15.8. The number of benzene rings is 1. The molecule has 2 aromatic heterocycles. The van der Waals surface area contributed by atoms with Crippen LogP contribution in [0.15, 0.2) is 36.5 Å². The minimum absolute atomic E-state index is 0.107. The van der Waals surface area contributed by atoms with Gasteiger partial charge in [-0.2, -0.15) is 4.98 Å². The number of fused-ring (bicyclic) bond motifs is 1. The van der Waals surface area contributed by atoms with Gasteiger partial charge >= 0.3 is 0 Å². The monoisotopic (exact) mass is 339 g/mol. The summed E-state index contributed by atoms with van der Waals surface area (Å²) in [5, 5.41) is 7.16. The molecule has 0 unspecified atom stereocenters. The van der Waals surface area contributed by atoms with E-state index in [1.54, 1.807) is 28.9 Å². The van der Waals surface area contributed by atoms with Crippen LogP contribution in [0.25, 0.3) is 5.78 Å². The van der Waals surface area contributed by atoms with Crippen LogP contribution in [0.4, 0.5) is 4.39 Å². The van der Waals surface area contributed by atoms with E-state index in [1.807, 2.05) is 6.92 Å². The molecule has 0 radical (unpaired) electrons. The third kappa shape index (κ3) is 2.75. The van der Waals surface area contributed by atoms with Crippen molar-refractivity contribution in [1.29, 1.82) is 0 Å². The van der Waals surface area contributed by atoms with Gasteiger partial charge < -0.3 is 5.32 Å². The van der Waals surface area contributed by atoms with E-state index in [4.69, 9.17) is 0 Å². The van der Waals surface area contributed by atoms with Crippen LogP contribution in [0.5, 0.6) is 0 Å². The summed E-state index contributed by atoms with van der Waals surface area (Å²) in [4.78, 5) is 20.8. The molecule has 3 aromatic rings. The highest BCUT2D eigenvalue weighted by Crippen LogP contribution is 2.43. The number of amides is 1. The van der Waals surface area contributed by atoms with Crippen molar-refractivity contribution < 1.29 is 9.18 Å². The van der Waals surface area contributed by atoms with Crippen LogP contribution in [0.3, 0.4) is 0 Å². The third-order valence-corrected chi connectivity index (χ3v) is 4.99. The number of nitrogens with zero attached hydrogens (tertiary/aromatic N) is 4. The molecule has 128 valence electrons. The van der Waals surface area contributed by atoms with Gasteiger partial charge in [-0.1, -0.05) is 18.6 Å². The molecule has 0 saturated heterocycles. The predicted octanol–water partition coefficient (Wildman–Crippen LogP) is 2.42. The number of hydrogen-bond acceptors (Lipinski definition) is 4. The minimum Gasteiger partial charge on any atom is -0.348 e. The van der Waals surface area contributed by atoms with Crippen LogP contribution in [0.1, 0.15) is 41.1 Å². The van der Waals surface area contributed by atoms with E-state index in [0.29, 0.717) is 12.3 Å². The quantitative estimate of drug-likeness (QED) is 0.792. The summed E-state index contributed by atoms with van der Waals surface area (Å²) in [5.74, 6) is -0.0604. The maximum Gasteiger partial charge on any atom is 0.291 e. The second-order valence-corrected chi connectivity index (χ2v) is 6.56. The Kier molecular flexibility index (Phi) is 3.71. The molecule has 0 atom stereocenters. The topological polar surface area (TPSA) is 72.2 Å². The second-order valence-electron chi connectivity index (χ2n) is 6.56. The van der Waals surface area contributed by atoms with E-state index in [9.17, 15) is 9.18 Å². The summed E-state index contributed by atoms with van der Waals surface area (Å²) in [6, 6.07) is 8.35. The average molecular weight is 339 g/mol. The lowest BCUT2D eigenvalue weighted by molar-refractivity contribution is 0.0917. The summed E-state index contributed by atoms with van der Waals surface area (Å²) in [6.07, 6.45) is 4.68. The Hall–Kier alpha value is -2.83. The Morgan fingerprint density at radius 1 is 1.28 bits per heavy atom. The van der Waals surface area contributed by atoms with Crippen LogP contribution in [-0.4, -0.2) is 32.0 Å². The fraction of sp³-hybridized carbons (Fsp3) is 0.333. The van der Waals surface area contributed by atoms with E-state index in [2.05, 4.69) is 20.4 Å². The van der Waals surface area contributed by atoms with Gasteiger partial charge in [0.1, 0.15) is 5.82 Å². The molecular weight excluding hydrogens is 321 g/mol. The summed E-state index contributed by atoms with van der Waals surface area (Å²) < 4.78 is 14.7. The number of carbonyl (C=O) groups is 1. The van der Waals surface area contributed by atoms with Gasteiger partial charge in [0, 0.05) is 23.9 Å². The second kappa shape index (κ2) is 5.91. The highest BCUT2D eigenvalue weighted by Gasteiger charge is 2.39. The number of aromatic nitrogens is 4. The first-order chi connectivity index (χ1) is 12.1. The van der Waals surface area contributed by atoms with Crippen molar-refractivity contribution in [2.24, 2.45) is 0 Å². The number of aryl methyl sites for hydroxylation is 1. The Bertz CT molecular complexity index is 930. The summed E-state index contributed by atoms with van der Waals surface area (Å²) in [5.41, 5.74) is 1.79.